The van der Waals surface area contributed by atoms with Gasteiger partial charge in [0.25, 0.3) is 11.6 Å². The largest absolute Gasteiger partial charge is 0.305 e. The number of benzene rings is 2. The molecule has 0 aliphatic rings. The Kier molecular flexibility index (Phi) is 4.99. The Morgan fingerprint density at radius 1 is 1.23 bits per heavy atom. The van der Waals surface area contributed by atoms with Gasteiger partial charge in [-0.05, 0) is 36.8 Å². The molecule has 0 spiro atoms. The van der Waals surface area contributed by atoms with Crippen molar-refractivity contribution >= 4 is 29.0 Å². The van der Waals surface area contributed by atoms with Crippen molar-refractivity contribution in [3.63, 3.8) is 0 Å². The second-order valence-corrected chi connectivity index (χ2v) is 6.15. The number of hydrogen-bond acceptors (Lipinski definition) is 4. The van der Waals surface area contributed by atoms with Crippen molar-refractivity contribution in [2.75, 3.05) is 5.32 Å². The van der Waals surface area contributed by atoms with E-state index < -0.39 is 4.92 Å². The van der Waals surface area contributed by atoms with Gasteiger partial charge >= 0.3 is 0 Å². The molecule has 0 saturated carbocycles. The van der Waals surface area contributed by atoms with Crippen molar-refractivity contribution < 1.29 is 9.72 Å². The Balaban J connectivity index is 1.72. The maximum Gasteiger partial charge on any atom is 0.269 e. The van der Waals surface area contributed by atoms with Gasteiger partial charge in [-0.3, -0.25) is 19.6 Å². The first kappa shape index (κ1) is 17.6. The molecule has 26 heavy (non-hydrogen) atoms. The lowest BCUT2D eigenvalue weighted by Crippen LogP contribution is -2.13. The van der Waals surface area contributed by atoms with Gasteiger partial charge in [0.05, 0.1) is 11.5 Å². The number of non-ortho nitro benzene ring substituents is 1. The summed E-state index contributed by atoms with van der Waals surface area (Å²) in [6, 6.07) is 14.6. The molecule has 2 aromatic carbocycles. The maximum atomic E-state index is 12.3. The van der Waals surface area contributed by atoms with Crippen LogP contribution in [0.3, 0.4) is 0 Å². The number of hydrogen-bond donors (Lipinski definition) is 1. The van der Waals surface area contributed by atoms with Crippen LogP contribution in [-0.4, -0.2) is 20.6 Å². The van der Waals surface area contributed by atoms with Crippen molar-refractivity contribution in [2.24, 2.45) is 0 Å². The van der Waals surface area contributed by atoms with Crippen LogP contribution in [0, 0.1) is 17.0 Å². The molecule has 1 heterocycles. The minimum atomic E-state index is -0.511. The SMILES string of the molecule is Cc1cc(NC(=O)c2ccc([N+](=O)[O-])cc2)nn1Cc1cccc(Cl)c1. The number of aryl methyl sites for hydroxylation is 1. The van der Waals surface area contributed by atoms with Crippen molar-refractivity contribution in [3.8, 4) is 0 Å². The summed E-state index contributed by atoms with van der Waals surface area (Å²) in [5, 5.41) is 18.4. The molecule has 0 unspecified atom stereocenters. The topological polar surface area (TPSA) is 90.1 Å². The van der Waals surface area contributed by atoms with E-state index in [1.165, 1.54) is 24.3 Å². The minimum Gasteiger partial charge on any atom is -0.305 e. The Bertz CT molecular complexity index is 967. The number of halogens is 1. The first-order chi connectivity index (χ1) is 12.4. The summed E-state index contributed by atoms with van der Waals surface area (Å²) in [5.74, 6) is 0.0279. The number of nitro groups is 1. The number of rotatable bonds is 5. The van der Waals surface area contributed by atoms with Crippen LogP contribution in [-0.2, 0) is 6.54 Å². The zero-order valence-corrected chi connectivity index (χ0v) is 14.6. The van der Waals surface area contributed by atoms with Crippen LogP contribution in [0.15, 0.2) is 54.6 Å². The first-order valence-corrected chi connectivity index (χ1v) is 8.15. The number of carbonyl (C=O) groups excluding carboxylic acids is 1. The molecule has 0 atom stereocenters. The predicted octanol–water partition coefficient (Wildman–Crippen LogP) is 4.05. The molecule has 1 amide bonds. The smallest absolute Gasteiger partial charge is 0.269 e. The van der Waals surface area contributed by atoms with Gasteiger partial charge in [-0.1, -0.05) is 23.7 Å². The molecule has 132 valence electrons. The molecule has 7 nitrogen and oxygen atoms in total. The van der Waals surface area contributed by atoms with Crippen LogP contribution < -0.4 is 5.32 Å². The maximum absolute atomic E-state index is 12.3. The normalized spacial score (nSPS) is 10.5. The second-order valence-electron chi connectivity index (χ2n) is 5.72. The van der Waals surface area contributed by atoms with Gasteiger partial charge in [-0.2, -0.15) is 5.10 Å². The molecule has 1 N–H and O–H groups in total. The molecule has 1 aromatic heterocycles. The van der Waals surface area contributed by atoms with Crippen LogP contribution in [0.25, 0.3) is 0 Å². The fourth-order valence-corrected chi connectivity index (χ4v) is 2.68. The lowest BCUT2D eigenvalue weighted by molar-refractivity contribution is -0.384. The standard InChI is InChI=1S/C18H15ClN4O3/c1-12-9-17(21-22(12)11-13-3-2-4-15(19)10-13)20-18(24)14-5-7-16(8-6-14)23(25)26/h2-10H,11H2,1H3,(H,20,21,24). The van der Waals surface area contributed by atoms with Gasteiger partial charge in [0, 0.05) is 34.5 Å². The molecule has 0 saturated heterocycles. The van der Waals surface area contributed by atoms with Crippen molar-refractivity contribution in [1.29, 1.82) is 0 Å². The van der Waals surface area contributed by atoms with E-state index in [9.17, 15) is 14.9 Å². The molecule has 0 aliphatic heterocycles. The molecule has 0 fully saturated rings. The van der Waals surface area contributed by atoms with Gasteiger partial charge in [0.15, 0.2) is 5.82 Å². The highest BCUT2D eigenvalue weighted by molar-refractivity contribution is 6.30. The van der Waals surface area contributed by atoms with Gasteiger partial charge in [-0.25, -0.2) is 0 Å². The Labute approximate surface area is 154 Å². The molecular formula is C18H15ClN4O3. The zero-order valence-electron chi connectivity index (χ0n) is 13.8. The van der Waals surface area contributed by atoms with Gasteiger partial charge in [0.1, 0.15) is 0 Å². The summed E-state index contributed by atoms with van der Waals surface area (Å²) in [5.41, 5.74) is 2.13. The number of nitro benzene ring substituents is 1. The lowest BCUT2D eigenvalue weighted by Gasteiger charge is -2.05. The van der Waals surface area contributed by atoms with Gasteiger partial charge < -0.3 is 5.32 Å². The number of nitrogens with one attached hydrogen (secondary N) is 1. The Hall–Kier alpha value is -3.19. The minimum absolute atomic E-state index is 0.0665. The zero-order chi connectivity index (χ0) is 18.7. The van der Waals surface area contributed by atoms with Crippen molar-refractivity contribution in [3.05, 3.63) is 86.6 Å². The van der Waals surface area contributed by atoms with E-state index in [1.807, 2.05) is 25.1 Å². The van der Waals surface area contributed by atoms with E-state index >= 15 is 0 Å². The third-order valence-corrected chi connectivity index (χ3v) is 4.02. The Morgan fingerprint density at radius 2 is 1.96 bits per heavy atom. The number of aromatic nitrogens is 2. The summed E-state index contributed by atoms with van der Waals surface area (Å²) in [4.78, 5) is 22.4. The van der Waals surface area contributed by atoms with Crippen molar-refractivity contribution in [1.82, 2.24) is 9.78 Å². The monoisotopic (exact) mass is 370 g/mol. The molecule has 0 bridgehead atoms. The predicted molar refractivity (Wildman–Crippen MR) is 98.6 cm³/mol. The highest BCUT2D eigenvalue weighted by Gasteiger charge is 2.12. The van der Waals surface area contributed by atoms with Crippen molar-refractivity contribution in [2.45, 2.75) is 13.5 Å². The van der Waals surface area contributed by atoms with E-state index in [-0.39, 0.29) is 11.6 Å². The van der Waals surface area contributed by atoms with Crippen LogP contribution in [0.2, 0.25) is 5.02 Å². The fourth-order valence-electron chi connectivity index (χ4n) is 2.46. The summed E-state index contributed by atoms with van der Waals surface area (Å²) < 4.78 is 1.76. The number of amides is 1. The van der Waals surface area contributed by atoms with Crippen LogP contribution >= 0.6 is 11.6 Å². The van der Waals surface area contributed by atoms with E-state index in [0.29, 0.717) is 22.9 Å². The van der Waals surface area contributed by atoms with Gasteiger partial charge in [0.2, 0.25) is 0 Å². The second kappa shape index (κ2) is 7.37. The highest BCUT2D eigenvalue weighted by Crippen LogP contribution is 2.16. The van der Waals surface area contributed by atoms with E-state index in [2.05, 4.69) is 10.4 Å². The quantitative estimate of drug-likeness (QED) is 0.541. The molecule has 3 rings (SSSR count). The molecule has 3 aromatic rings. The molecule has 0 aliphatic carbocycles. The first-order valence-electron chi connectivity index (χ1n) is 7.77. The molecular weight excluding hydrogens is 356 g/mol. The molecule has 0 radical (unpaired) electrons. The van der Waals surface area contributed by atoms with Crippen LogP contribution in [0.1, 0.15) is 21.6 Å². The number of anilines is 1. The van der Waals surface area contributed by atoms with Crippen LogP contribution in [0.4, 0.5) is 11.5 Å². The fraction of sp³-hybridized carbons (Fsp3) is 0.111. The van der Waals surface area contributed by atoms with E-state index in [1.54, 1.807) is 16.8 Å². The number of carbonyl (C=O) groups is 1. The van der Waals surface area contributed by atoms with E-state index in [4.69, 9.17) is 11.6 Å². The third kappa shape index (κ3) is 4.07. The summed E-state index contributed by atoms with van der Waals surface area (Å²) >= 11 is 5.99. The average molecular weight is 371 g/mol. The van der Waals surface area contributed by atoms with E-state index in [0.717, 1.165) is 11.3 Å². The average Bonchev–Trinajstić information content (AvgIpc) is 2.94. The summed E-state index contributed by atoms with van der Waals surface area (Å²) in [6.45, 7) is 2.42. The summed E-state index contributed by atoms with van der Waals surface area (Å²) in [6.07, 6.45) is 0. The Morgan fingerprint density at radius 3 is 2.62 bits per heavy atom. The third-order valence-electron chi connectivity index (χ3n) is 3.78. The lowest BCUT2D eigenvalue weighted by atomic mass is 10.2. The highest BCUT2D eigenvalue weighted by atomic mass is 35.5. The molecule has 8 heteroatoms. The van der Waals surface area contributed by atoms with Gasteiger partial charge in [-0.15, -0.1) is 0 Å². The number of nitrogens with zero attached hydrogens (tertiary/aromatic N) is 3. The summed E-state index contributed by atoms with van der Waals surface area (Å²) in [7, 11) is 0. The van der Waals surface area contributed by atoms with Crippen LogP contribution in [0.5, 0.6) is 0 Å².